The van der Waals surface area contributed by atoms with E-state index in [0.29, 0.717) is 22.3 Å². The number of hydrogen-bond donors (Lipinski definition) is 0. The van der Waals surface area contributed by atoms with E-state index in [4.69, 9.17) is 27.9 Å². The van der Waals surface area contributed by atoms with Crippen LogP contribution in [-0.2, 0) is 18.4 Å². The van der Waals surface area contributed by atoms with Crippen LogP contribution < -0.4 is 4.74 Å². The smallest absolute Gasteiger partial charge is 0.263 e. The molecule has 124 valence electrons. The molecule has 1 unspecified atom stereocenters. The maximum Gasteiger partial charge on any atom is 0.263 e. The van der Waals surface area contributed by atoms with Crippen molar-refractivity contribution in [1.82, 2.24) is 14.7 Å². The third kappa shape index (κ3) is 4.39. The Kier molecular flexibility index (Phi) is 5.55. The quantitative estimate of drug-likeness (QED) is 0.824. The topological polar surface area (TPSA) is 47.4 Å². The molecule has 1 aromatic heterocycles. The first-order chi connectivity index (χ1) is 10.8. The van der Waals surface area contributed by atoms with Gasteiger partial charge in [0.15, 0.2) is 6.10 Å². The van der Waals surface area contributed by atoms with Crippen molar-refractivity contribution in [3.05, 3.63) is 45.7 Å². The summed E-state index contributed by atoms with van der Waals surface area (Å²) in [5.74, 6) is 0.294. The summed E-state index contributed by atoms with van der Waals surface area (Å²) in [5.41, 5.74) is 1.90. The van der Waals surface area contributed by atoms with Gasteiger partial charge < -0.3 is 9.64 Å². The Morgan fingerprint density at radius 2 is 2.13 bits per heavy atom. The van der Waals surface area contributed by atoms with E-state index >= 15 is 0 Å². The van der Waals surface area contributed by atoms with Crippen LogP contribution >= 0.6 is 23.2 Å². The number of ether oxygens (including phenoxy) is 1. The fraction of sp³-hybridized carbons (Fsp3) is 0.375. The Bertz CT molecular complexity index is 715. The maximum absolute atomic E-state index is 12.5. The number of amides is 1. The highest BCUT2D eigenvalue weighted by Gasteiger charge is 2.21. The van der Waals surface area contributed by atoms with Gasteiger partial charge in [-0.1, -0.05) is 23.2 Å². The lowest BCUT2D eigenvalue weighted by Gasteiger charge is -2.22. The number of aromatic nitrogens is 2. The summed E-state index contributed by atoms with van der Waals surface area (Å²) < 4.78 is 7.39. The van der Waals surface area contributed by atoms with E-state index in [2.05, 4.69) is 5.10 Å². The summed E-state index contributed by atoms with van der Waals surface area (Å²) in [4.78, 5) is 14.1. The minimum Gasteiger partial charge on any atom is -0.479 e. The zero-order valence-corrected chi connectivity index (χ0v) is 15.0. The molecule has 0 saturated carbocycles. The number of benzene rings is 1. The predicted octanol–water partition coefficient (Wildman–Crippen LogP) is 3.46. The van der Waals surface area contributed by atoms with Crippen LogP contribution in [-0.4, -0.2) is 33.7 Å². The highest BCUT2D eigenvalue weighted by molar-refractivity contribution is 6.35. The molecule has 2 rings (SSSR count). The average Bonchev–Trinajstić information content (AvgIpc) is 2.78. The summed E-state index contributed by atoms with van der Waals surface area (Å²) in [6.45, 7) is 4.08. The number of likely N-dealkylation sites (N-methyl/N-ethyl adjacent to an activating group) is 1. The van der Waals surface area contributed by atoms with E-state index < -0.39 is 6.10 Å². The Morgan fingerprint density at radius 3 is 2.70 bits per heavy atom. The molecule has 0 aliphatic carbocycles. The van der Waals surface area contributed by atoms with Crippen molar-refractivity contribution in [1.29, 1.82) is 0 Å². The van der Waals surface area contributed by atoms with Gasteiger partial charge in [-0.05, 0) is 32.0 Å². The SMILES string of the molecule is Cc1nn(C)cc1CN(C)C(=O)C(C)Oc1ccc(Cl)cc1Cl. The largest absolute Gasteiger partial charge is 0.479 e. The molecule has 0 aliphatic rings. The van der Waals surface area contributed by atoms with Crippen LogP contribution in [0.25, 0.3) is 0 Å². The lowest BCUT2D eigenvalue weighted by molar-refractivity contribution is -0.137. The fourth-order valence-electron chi connectivity index (χ4n) is 2.26. The highest BCUT2D eigenvalue weighted by atomic mass is 35.5. The predicted molar refractivity (Wildman–Crippen MR) is 91.0 cm³/mol. The summed E-state index contributed by atoms with van der Waals surface area (Å²) in [6.07, 6.45) is 1.25. The van der Waals surface area contributed by atoms with Gasteiger partial charge in [0, 0.05) is 37.4 Å². The number of carbonyl (C=O) groups is 1. The molecule has 0 spiro atoms. The zero-order valence-electron chi connectivity index (χ0n) is 13.5. The van der Waals surface area contributed by atoms with Crippen LogP contribution in [0.3, 0.4) is 0 Å². The van der Waals surface area contributed by atoms with E-state index in [1.165, 1.54) is 0 Å². The second-order valence-electron chi connectivity index (χ2n) is 5.44. The molecule has 23 heavy (non-hydrogen) atoms. The lowest BCUT2D eigenvalue weighted by Crippen LogP contribution is -2.37. The van der Waals surface area contributed by atoms with E-state index in [0.717, 1.165) is 11.3 Å². The third-order valence-corrected chi connectivity index (χ3v) is 3.97. The molecule has 0 saturated heterocycles. The fourth-order valence-corrected chi connectivity index (χ4v) is 2.71. The first kappa shape index (κ1) is 17.6. The average molecular weight is 356 g/mol. The monoisotopic (exact) mass is 355 g/mol. The van der Waals surface area contributed by atoms with Crippen molar-refractivity contribution < 1.29 is 9.53 Å². The van der Waals surface area contributed by atoms with Gasteiger partial charge in [0.25, 0.3) is 5.91 Å². The van der Waals surface area contributed by atoms with Crippen molar-refractivity contribution >= 4 is 29.1 Å². The van der Waals surface area contributed by atoms with Crippen molar-refractivity contribution in [2.24, 2.45) is 7.05 Å². The van der Waals surface area contributed by atoms with E-state index in [1.54, 1.807) is 41.8 Å². The molecule has 0 fully saturated rings. The summed E-state index contributed by atoms with van der Waals surface area (Å²) in [6, 6.07) is 4.90. The van der Waals surface area contributed by atoms with Crippen molar-refractivity contribution in [2.75, 3.05) is 7.05 Å². The zero-order chi connectivity index (χ0) is 17.1. The van der Waals surface area contributed by atoms with Crippen molar-refractivity contribution in [3.8, 4) is 5.75 Å². The van der Waals surface area contributed by atoms with Gasteiger partial charge in [-0.25, -0.2) is 0 Å². The number of carbonyl (C=O) groups excluding carboxylic acids is 1. The minimum absolute atomic E-state index is 0.140. The second-order valence-corrected chi connectivity index (χ2v) is 6.29. The molecule has 0 bridgehead atoms. The third-order valence-electron chi connectivity index (χ3n) is 3.44. The molecule has 2 aromatic rings. The van der Waals surface area contributed by atoms with Crippen LogP contribution in [0.1, 0.15) is 18.2 Å². The Morgan fingerprint density at radius 1 is 1.43 bits per heavy atom. The molecule has 1 heterocycles. The van der Waals surface area contributed by atoms with Crippen LogP contribution in [0, 0.1) is 6.92 Å². The van der Waals surface area contributed by atoms with Crippen LogP contribution in [0.5, 0.6) is 5.75 Å². The summed E-state index contributed by atoms with van der Waals surface area (Å²) >= 11 is 11.9. The van der Waals surface area contributed by atoms with E-state index in [9.17, 15) is 4.79 Å². The normalized spacial score (nSPS) is 12.1. The standard InChI is InChI=1S/C16H19Cl2N3O2/c1-10-12(9-21(4)19-10)8-20(3)16(22)11(2)23-15-6-5-13(17)7-14(15)18/h5-7,9,11H,8H2,1-4H3. The molecule has 0 aliphatic heterocycles. The number of nitrogens with zero attached hydrogens (tertiary/aromatic N) is 3. The Balaban J connectivity index is 2.02. The summed E-state index contributed by atoms with van der Waals surface area (Å²) in [7, 11) is 3.59. The van der Waals surface area contributed by atoms with Gasteiger partial charge in [-0.15, -0.1) is 0 Å². The van der Waals surface area contributed by atoms with Crippen LogP contribution in [0.15, 0.2) is 24.4 Å². The molecule has 0 radical (unpaired) electrons. The Hall–Kier alpha value is -1.72. The van der Waals surface area contributed by atoms with Crippen LogP contribution in [0.4, 0.5) is 0 Å². The van der Waals surface area contributed by atoms with Crippen molar-refractivity contribution in [2.45, 2.75) is 26.5 Å². The molecule has 1 atom stereocenters. The lowest BCUT2D eigenvalue weighted by atomic mass is 10.2. The number of aryl methyl sites for hydroxylation is 2. The van der Waals surface area contributed by atoms with Gasteiger partial charge in [-0.3, -0.25) is 9.48 Å². The highest BCUT2D eigenvalue weighted by Crippen LogP contribution is 2.28. The Labute approximate surface area is 145 Å². The molecule has 1 amide bonds. The van der Waals surface area contributed by atoms with E-state index in [1.807, 2.05) is 20.2 Å². The number of rotatable bonds is 5. The first-order valence-corrected chi connectivity index (χ1v) is 7.89. The minimum atomic E-state index is -0.657. The molecular weight excluding hydrogens is 337 g/mol. The molecule has 0 N–H and O–H groups in total. The molecule has 7 heteroatoms. The van der Waals surface area contributed by atoms with Gasteiger partial charge in [0.1, 0.15) is 5.75 Å². The molecule has 5 nitrogen and oxygen atoms in total. The maximum atomic E-state index is 12.5. The second kappa shape index (κ2) is 7.23. The van der Waals surface area contributed by atoms with Gasteiger partial charge in [0.2, 0.25) is 0 Å². The molecular formula is C16H19Cl2N3O2. The van der Waals surface area contributed by atoms with Gasteiger partial charge in [-0.2, -0.15) is 5.10 Å². The van der Waals surface area contributed by atoms with Crippen molar-refractivity contribution in [3.63, 3.8) is 0 Å². The summed E-state index contributed by atoms with van der Waals surface area (Å²) in [5, 5.41) is 5.17. The number of hydrogen-bond acceptors (Lipinski definition) is 3. The van der Waals surface area contributed by atoms with Gasteiger partial charge in [0.05, 0.1) is 10.7 Å². The number of halogens is 2. The molecule has 1 aromatic carbocycles. The first-order valence-electron chi connectivity index (χ1n) is 7.13. The van der Waals surface area contributed by atoms with E-state index in [-0.39, 0.29) is 5.91 Å². The van der Waals surface area contributed by atoms with Gasteiger partial charge >= 0.3 is 0 Å². The van der Waals surface area contributed by atoms with Crippen LogP contribution in [0.2, 0.25) is 10.0 Å².